The number of likely N-dealkylation sites (N-methyl/N-ethyl adjacent to an activating group) is 1. The maximum atomic E-state index is 11.0. The smallest absolute Gasteiger partial charge is 0.187 e. The Labute approximate surface area is 168 Å². The highest BCUT2D eigenvalue weighted by Gasteiger charge is 2.55. The van der Waals surface area contributed by atoms with Crippen LogP contribution in [0.2, 0.25) is 0 Å². The minimum Gasteiger partial charge on any atom is -0.530 e. The maximum Gasteiger partial charge on any atom is 0.187 e. The highest BCUT2D eigenvalue weighted by atomic mass is 32.2. The van der Waals surface area contributed by atoms with E-state index in [0.29, 0.717) is 5.70 Å². The number of carbonyl (C=O) groups is 1. The molecule has 0 aromatic rings. The SMILES string of the molecule is CCC[N+](C)(CCC)C1(SN2CCOCC2)C(C)=CC(NC(=O)[O-])=CC1C. The van der Waals surface area contributed by atoms with Crippen molar-refractivity contribution in [2.75, 3.05) is 46.4 Å². The molecule has 0 aromatic heterocycles. The first kappa shape index (κ1) is 22.3. The molecule has 0 saturated carbocycles. The predicted molar refractivity (Wildman–Crippen MR) is 109 cm³/mol. The van der Waals surface area contributed by atoms with Gasteiger partial charge in [0, 0.05) is 30.3 Å². The first-order chi connectivity index (χ1) is 12.8. The van der Waals surface area contributed by atoms with Crippen molar-refractivity contribution in [3.05, 3.63) is 23.4 Å². The second kappa shape index (κ2) is 9.45. The normalized spacial score (nSPS) is 27.1. The van der Waals surface area contributed by atoms with Crippen LogP contribution in [0.15, 0.2) is 23.4 Å². The zero-order chi connectivity index (χ0) is 20.1. The Morgan fingerprint density at radius 1 is 1.37 bits per heavy atom. The third-order valence-corrected chi connectivity index (χ3v) is 7.74. The molecule has 1 amide bonds. The lowest BCUT2D eigenvalue weighted by atomic mass is 9.85. The molecule has 0 spiro atoms. The van der Waals surface area contributed by atoms with Gasteiger partial charge in [0.1, 0.15) is 6.09 Å². The number of nitrogens with zero attached hydrogens (tertiary/aromatic N) is 2. The van der Waals surface area contributed by atoms with E-state index in [4.69, 9.17) is 4.74 Å². The van der Waals surface area contributed by atoms with Crippen LogP contribution in [0.3, 0.4) is 0 Å². The zero-order valence-corrected chi connectivity index (χ0v) is 18.2. The summed E-state index contributed by atoms with van der Waals surface area (Å²) in [5.41, 5.74) is 1.83. The molecule has 154 valence electrons. The van der Waals surface area contributed by atoms with Crippen molar-refractivity contribution in [2.24, 2.45) is 5.92 Å². The Bertz CT molecular complexity index is 581. The molecular formula is C20H35N3O3S. The number of quaternary nitrogens is 1. The largest absolute Gasteiger partial charge is 0.530 e. The van der Waals surface area contributed by atoms with Gasteiger partial charge in [0.2, 0.25) is 0 Å². The van der Waals surface area contributed by atoms with Gasteiger partial charge in [-0.15, -0.1) is 0 Å². The van der Waals surface area contributed by atoms with Crippen molar-refractivity contribution in [2.45, 2.75) is 45.4 Å². The van der Waals surface area contributed by atoms with Gasteiger partial charge in [-0.25, -0.2) is 4.31 Å². The van der Waals surface area contributed by atoms with E-state index in [0.717, 1.165) is 56.7 Å². The summed E-state index contributed by atoms with van der Waals surface area (Å²) in [6, 6.07) is 0. The lowest BCUT2D eigenvalue weighted by Crippen LogP contribution is -2.66. The average molecular weight is 398 g/mol. The fourth-order valence-corrected chi connectivity index (χ4v) is 6.30. The van der Waals surface area contributed by atoms with Crippen LogP contribution in [-0.2, 0) is 4.74 Å². The van der Waals surface area contributed by atoms with E-state index in [-0.39, 0.29) is 10.8 Å². The maximum absolute atomic E-state index is 11.0. The minimum atomic E-state index is -1.26. The summed E-state index contributed by atoms with van der Waals surface area (Å²) in [7, 11) is 2.36. The standard InChI is InChI=1S/C20H35N3O3S/c1-6-10-23(5,11-7-2)20(27-22-8-12-26-13-9-22)16(3)14-18(15-17(20)4)21-19(24)25/h14-16,21H,6-13H2,1-5H3. The predicted octanol–water partition coefficient (Wildman–Crippen LogP) is 2.34. The van der Waals surface area contributed by atoms with E-state index in [1.54, 1.807) is 0 Å². The van der Waals surface area contributed by atoms with Crippen LogP contribution < -0.4 is 10.4 Å². The number of carbonyl (C=O) groups excluding carboxylic acids is 1. The molecule has 2 rings (SSSR count). The van der Waals surface area contributed by atoms with Crippen molar-refractivity contribution in [3.63, 3.8) is 0 Å². The van der Waals surface area contributed by atoms with Gasteiger partial charge in [-0.1, -0.05) is 26.8 Å². The van der Waals surface area contributed by atoms with Crippen LogP contribution in [0.5, 0.6) is 0 Å². The molecule has 0 radical (unpaired) electrons. The van der Waals surface area contributed by atoms with E-state index < -0.39 is 6.09 Å². The van der Waals surface area contributed by atoms with Gasteiger partial charge in [-0.2, -0.15) is 0 Å². The topological polar surface area (TPSA) is 64.6 Å². The van der Waals surface area contributed by atoms with Crippen molar-refractivity contribution in [3.8, 4) is 0 Å². The van der Waals surface area contributed by atoms with Gasteiger partial charge >= 0.3 is 0 Å². The third kappa shape index (κ3) is 4.70. The van der Waals surface area contributed by atoms with E-state index >= 15 is 0 Å². The van der Waals surface area contributed by atoms with Crippen LogP contribution in [-0.4, -0.2) is 66.2 Å². The first-order valence-electron chi connectivity index (χ1n) is 10.0. The summed E-state index contributed by atoms with van der Waals surface area (Å²) < 4.78 is 8.91. The number of rotatable bonds is 8. The van der Waals surface area contributed by atoms with E-state index in [1.165, 1.54) is 5.57 Å². The second-order valence-corrected chi connectivity index (χ2v) is 9.14. The molecule has 0 aromatic carbocycles. The van der Waals surface area contributed by atoms with Crippen LogP contribution in [0.4, 0.5) is 4.79 Å². The molecule has 1 N–H and O–H groups in total. The van der Waals surface area contributed by atoms with Gasteiger partial charge in [0.25, 0.3) is 0 Å². The zero-order valence-electron chi connectivity index (χ0n) is 17.4. The summed E-state index contributed by atoms with van der Waals surface area (Å²) in [6.07, 6.45) is 5.00. The van der Waals surface area contributed by atoms with Gasteiger partial charge in [-0.05, 0) is 37.8 Å². The van der Waals surface area contributed by atoms with Crippen LogP contribution >= 0.6 is 11.9 Å². The van der Waals surface area contributed by atoms with Crippen molar-refractivity contribution < 1.29 is 19.1 Å². The number of amides is 1. The molecular weight excluding hydrogens is 362 g/mol. The van der Waals surface area contributed by atoms with E-state index in [9.17, 15) is 9.90 Å². The van der Waals surface area contributed by atoms with Crippen LogP contribution in [0.25, 0.3) is 0 Å². The summed E-state index contributed by atoms with van der Waals surface area (Å²) in [5.74, 6) is 0.167. The Morgan fingerprint density at radius 2 is 1.96 bits per heavy atom. The highest BCUT2D eigenvalue weighted by molar-refractivity contribution is 7.98. The van der Waals surface area contributed by atoms with Crippen LogP contribution in [0.1, 0.15) is 40.5 Å². The van der Waals surface area contributed by atoms with Crippen molar-refractivity contribution >= 4 is 18.0 Å². The Kier molecular flexibility index (Phi) is 7.80. The molecule has 1 fully saturated rings. The molecule has 0 bridgehead atoms. The Hall–Kier alpha value is -1.02. The lowest BCUT2D eigenvalue weighted by molar-refractivity contribution is -0.941. The molecule has 1 aliphatic heterocycles. The summed E-state index contributed by atoms with van der Waals surface area (Å²) >= 11 is 1.93. The van der Waals surface area contributed by atoms with Gasteiger partial charge in [0.15, 0.2) is 4.87 Å². The summed E-state index contributed by atoms with van der Waals surface area (Å²) in [5, 5.41) is 13.5. The molecule has 6 nitrogen and oxygen atoms in total. The summed E-state index contributed by atoms with van der Waals surface area (Å²) in [4.78, 5) is 10.9. The molecule has 27 heavy (non-hydrogen) atoms. The second-order valence-electron chi connectivity index (χ2n) is 7.82. The number of hydrogen-bond donors (Lipinski definition) is 1. The summed E-state index contributed by atoms with van der Waals surface area (Å²) in [6.45, 7) is 14.4. The number of allylic oxidation sites excluding steroid dienone is 1. The average Bonchev–Trinajstić information content (AvgIpc) is 2.59. The molecule has 1 aliphatic carbocycles. The number of hydrogen-bond acceptors (Lipinski definition) is 5. The molecule has 1 heterocycles. The fourth-order valence-electron chi connectivity index (χ4n) is 4.76. The number of nitrogens with one attached hydrogen (secondary N) is 1. The van der Waals surface area contributed by atoms with Crippen molar-refractivity contribution in [1.29, 1.82) is 0 Å². The number of ether oxygens (including phenoxy) is 1. The lowest BCUT2D eigenvalue weighted by Gasteiger charge is -2.56. The first-order valence-corrected chi connectivity index (χ1v) is 10.8. The number of morpholine rings is 1. The Morgan fingerprint density at radius 3 is 2.44 bits per heavy atom. The van der Waals surface area contributed by atoms with Gasteiger partial charge in [-0.3, -0.25) is 0 Å². The fraction of sp³-hybridized carbons (Fsp3) is 0.750. The van der Waals surface area contributed by atoms with Gasteiger partial charge in [0.05, 0.1) is 33.4 Å². The molecule has 1 saturated heterocycles. The molecule has 2 unspecified atom stereocenters. The third-order valence-electron chi connectivity index (χ3n) is 5.70. The van der Waals surface area contributed by atoms with E-state index in [2.05, 4.69) is 50.4 Å². The van der Waals surface area contributed by atoms with Crippen molar-refractivity contribution in [1.82, 2.24) is 9.62 Å². The molecule has 7 heteroatoms. The quantitative estimate of drug-likeness (QED) is 0.387. The molecule has 2 aliphatic rings. The minimum absolute atomic E-state index is 0.166. The van der Waals surface area contributed by atoms with Gasteiger partial charge < -0.3 is 24.4 Å². The highest BCUT2D eigenvalue weighted by Crippen LogP contribution is 2.51. The monoisotopic (exact) mass is 397 g/mol. The van der Waals surface area contributed by atoms with E-state index in [1.807, 2.05) is 18.0 Å². The number of carboxylic acid groups (broad SMARTS) is 1. The molecule has 2 atom stereocenters. The Balaban J connectivity index is 2.47. The van der Waals surface area contributed by atoms with Crippen LogP contribution in [0, 0.1) is 5.92 Å².